The van der Waals surface area contributed by atoms with Gasteiger partial charge in [0.2, 0.25) is 0 Å². The number of carboxylic acids is 1. The minimum Gasteiger partial charge on any atom is -0.478 e. The van der Waals surface area contributed by atoms with E-state index >= 15 is 0 Å². The lowest BCUT2D eigenvalue weighted by Gasteiger charge is -2.20. The van der Waals surface area contributed by atoms with Crippen molar-refractivity contribution in [3.05, 3.63) is 64.1 Å². The molecule has 0 heterocycles. The maximum absolute atomic E-state index is 11.0. The van der Waals surface area contributed by atoms with Crippen LogP contribution < -0.4 is 4.90 Å². The Labute approximate surface area is 120 Å². The van der Waals surface area contributed by atoms with Gasteiger partial charge >= 0.3 is 5.97 Å². The molecular formula is C15H14BrNO2. The van der Waals surface area contributed by atoms with Crippen molar-refractivity contribution in [3.63, 3.8) is 0 Å². The van der Waals surface area contributed by atoms with Crippen molar-refractivity contribution in [2.45, 2.75) is 6.54 Å². The van der Waals surface area contributed by atoms with Gasteiger partial charge in [-0.25, -0.2) is 4.79 Å². The first-order valence-electron chi connectivity index (χ1n) is 5.86. The van der Waals surface area contributed by atoms with Crippen LogP contribution in [0.2, 0.25) is 0 Å². The van der Waals surface area contributed by atoms with Gasteiger partial charge < -0.3 is 10.0 Å². The molecule has 2 aromatic carbocycles. The molecule has 0 saturated carbocycles. The third-order valence-corrected chi connectivity index (χ3v) is 3.67. The Bertz CT molecular complexity index is 598. The number of hydrogen-bond donors (Lipinski definition) is 1. The normalized spacial score (nSPS) is 10.2. The fourth-order valence-electron chi connectivity index (χ4n) is 1.85. The monoisotopic (exact) mass is 319 g/mol. The Balaban J connectivity index is 2.20. The molecule has 0 aliphatic rings. The van der Waals surface area contributed by atoms with Crippen LogP contribution in [-0.4, -0.2) is 18.1 Å². The second-order valence-corrected chi connectivity index (χ2v) is 5.16. The van der Waals surface area contributed by atoms with Gasteiger partial charge in [-0.1, -0.05) is 40.2 Å². The zero-order valence-electron chi connectivity index (χ0n) is 10.5. The van der Waals surface area contributed by atoms with E-state index in [1.807, 2.05) is 42.3 Å². The Hall–Kier alpha value is -1.81. The number of rotatable bonds is 4. The summed E-state index contributed by atoms with van der Waals surface area (Å²) in [7, 11) is 1.94. The summed E-state index contributed by atoms with van der Waals surface area (Å²) in [5.74, 6) is -0.906. The summed E-state index contributed by atoms with van der Waals surface area (Å²) in [6, 6.07) is 14.9. The molecule has 4 heteroatoms. The maximum Gasteiger partial charge on any atom is 0.335 e. The van der Waals surface area contributed by atoms with Crippen LogP contribution in [0.1, 0.15) is 15.9 Å². The van der Waals surface area contributed by atoms with Crippen molar-refractivity contribution < 1.29 is 9.90 Å². The van der Waals surface area contributed by atoms with Crippen LogP contribution in [0.15, 0.2) is 53.0 Å². The predicted octanol–water partition coefficient (Wildman–Crippen LogP) is 3.78. The van der Waals surface area contributed by atoms with Crippen molar-refractivity contribution in [2.75, 3.05) is 11.9 Å². The molecule has 98 valence electrons. The Morgan fingerprint density at radius 1 is 1.21 bits per heavy atom. The van der Waals surface area contributed by atoms with E-state index in [2.05, 4.69) is 15.9 Å². The summed E-state index contributed by atoms with van der Waals surface area (Å²) < 4.78 is 1.05. The van der Waals surface area contributed by atoms with Gasteiger partial charge in [0.15, 0.2) is 0 Å². The highest BCUT2D eigenvalue weighted by Crippen LogP contribution is 2.21. The fourth-order valence-corrected chi connectivity index (χ4v) is 2.26. The standard InChI is InChI=1S/C15H14BrNO2/c1-17(10-12-5-2-3-8-14(12)16)13-7-4-6-11(9-13)15(18)19/h2-9H,10H2,1H3,(H,18,19). The molecule has 0 aliphatic heterocycles. The minimum absolute atomic E-state index is 0.302. The zero-order chi connectivity index (χ0) is 13.8. The highest BCUT2D eigenvalue weighted by atomic mass is 79.9. The summed E-state index contributed by atoms with van der Waals surface area (Å²) >= 11 is 3.51. The molecule has 0 unspecified atom stereocenters. The first-order valence-corrected chi connectivity index (χ1v) is 6.65. The number of carboxylic acid groups (broad SMARTS) is 1. The number of hydrogen-bond acceptors (Lipinski definition) is 2. The summed E-state index contributed by atoms with van der Waals surface area (Å²) in [6.07, 6.45) is 0. The van der Waals surface area contributed by atoms with E-state index in [-0.39, 0.29) is 0 Å². The third-order valence-electron chi connectivity index (χ3n) is 2.90. The van der Waals surface area contributed by atoms with Crippen molar-refractivity contribution in [2.24, 2.45) is 0 Å². The van der Waals surface area contributed by atoms with E-state index in [1.165, 1.54) is 0 Å². The number of benzene rings is 2. The van der Waals surface area contributed by atoms with Crippen LogP contribution in [0.4, 0.5) is 5.69 Å². The molecule has 19 heavy (non-hydrogen) atoms. The molecule has 0 amide bonds. The number of carbonyl (C=O) groups is 1. The van der Waals surface area contributed by atoms with Crippen LogP contribution in [0.3, 0.4) is 0 Å². The van der Waals surface area contributed by atoms with Gasteiger partial charge in [-0.3, -0.25) is 0 Å². The molecule has 2 aromatic rings. The van der Waals surface area contributed by atoms with Gasteiger partial charge in [-0.15, -0.1) is 0 Å². The lowest BCUT2D eigenvalue weighted by molar-refractivity contribution is 0.0697. The van der Waals surface area contributed by atoms with Crippen molar-refractivity contribution in [3.8, 4) is 0 Å². The van der Waals surface area contributed by atoms with Gasteiger partial charge in [0.25, 0.3) is 0 Å². The molecule has 2 rings (SSSR count). The molecule has 1 N–H and O–H groups in total. The van der Waals surface area contributed by atoms with Gasteiger partial charge in [-0.05, 0) is 29.8 Å². The average molecular weight is 320 g/mol. The highest BCUT2D eigenvalue weighted by Gasteiger charge is 2.08. The van der Waals surface area contributed by atoms with E-state index < -0.39 is 5.97 Å². The smallest absolute Gasteiger partial charge is 0.335 e. The second-order valence-electron chi connectivity index (χ2n) is 4.30. The lowest BCUT2D eigenvalue weighted by Crippen LogP contribution is -2.17. The van der Waals surface area contributed by atoms with E-state index in [9.17, 15) is 4.79 Å². The second kappa shape index (κ2) is 5.89. The Kier molecular flexibility index (Phi) is 4.22. The molecule has 0 atom stereocenters. The van der Waals surface area contributed by atoms with Crippen LogP contribution in [0.25, 0.3) is 0 Å². The van der Waals surface area contributed by atoms with Crippen LogP contribution in [0.5, 0.6) is 0 Å². The largest absolute Gasteiger partial charge is 0.478 e. The molecule has 3 nitrogen and oxygen atoms in total. The fraction of sp³-hybridized carbons (Fsp3) is 0.133. The van der Waals surface area contributed by atoms with Gasteiger partial charge in [-0.2, -0.15) is 0 Å². The number of aromatic carboxylic acids is 1. The molecule has 0 spiro atoms. The van der Waals surface area contributed by atoms with E-state index in [1.54, 1.807) is 18.2 Å². The summed E-state index contributed by atoms with van der Waals surface area (Å²) in [5.41, 5.74) is 2.35. The van der Waals surface area contributed by atoms with Crippen LogP contribution >= 0.6 is 15.9 Å². The zero-order valence-corrected chi connectivity index (χ0v) is 12.1. The average Bonchev–Trinajstić information content (AvgIpc) is 2.41. The first kappa shape index (κ1) is 13.6. The summed E-state index contributed by atoms with van der Waals surface area (Å²) in [6.45, 7) is 0.713. The predicted molar refractivity (Wildman–Crippen MR) is 79.7 cm³/mol. The first-order chi connectivity index (χ1) is 9.08. The van der Waals surface area contributed by atoms with E-state index in [0.717, 1.165) is 15.7 Å². The molecule has 0 radical (unpaired) electrons. The maximum atomic E-state index is 11.0. The van der Waals surface area contributed by atoms with E-state index in [0.29, 0.717) is 12.1 Å². The summed E-state index contributed by atoms with van der Waals surface area (Å²) in [4.78, 5) is 13.0. The Morgan fingerprint density at radius 3 is 2.63 bits per heavy atom. The van der Waals surface area contributed by atoms with Gasteiger partial charge in [0.1, 0.15) is 0 Å². The molecule has 0 bridgehead atoms. The highest BCUT2D eigenvalue weighted by molar-refractivity contribution is 9.10. The van der Waals surface area contributed by atoms with Crippen molar-refractivity contribution in [1.29, 1.82) is 0 Å². The van der Waals surface area contributed by atoms with E-state index in [4.69, 9.17) is 5.11 Å². The lowest BCUT2D eigenvalue weighted by atomic mass is 10.1. The summed E-state index contributed by atoms with van der Waals surface area (Å²) in [5, 5.41) is 9.00. The molecule has 0 fully saturated rings. The quantitative estimate of drug-likeness (QED) is 0.932. The van der Waals surface area contributed by atoms with Gasteiger partial charge in [0, 0.05) is 23.8 Å². The molecule has 0 aliphatic carbocycles. The Morgan fingerprint density at radius 2 is 1.95 bits per heavy atom. The molecule has 0 saturated heterocycles. The number of halogens is 1. The number of nitrogens with zero attached hydrogens (tertiary/aromatic N) is 1. The molecule has 0 aromatic heterocycles. The molecular weight excluding hydrogens is 306 g/mol. The van der Waals surface area contributed by atoms with Crippen LogP contribution in [0, 0.1) is 0 Å². The third kappa shape index (κ3) is 3.35. The van der Waals surface area contributed by atoms with Crippen molar-refractivity contribution >= 4 is 27.6 Å². The van der Waals surface area contributed by atoms with Crippen LogP contribution in [-0.2, 0) is 6.54 Å². The SMILES string of the molecule is CN(Cc1ccccc1Br)c1cccc(C(=O)O)c1. The minimum atomic E-state index is -0.906. The van der Waals surface area contributed by atoms with Gasteiger partial charge in [0.05, 0.1) is 5.56 Å². The number of anilines is 1. The van der Waals surface area contributed by atoms with Crippen molar-refractivity contribution in [1.82, 2.24) is 0 Å². The topological polar surface area (TPSA) is 40.5 Å².